The second-order valence-electron chi connectivity index (χ2n) is 6.79. The van der Waals surface area contributed by atoms with E-state index in [-0.39, 0.29) is 23.6 Å². The van der Waals surface area contributed by atoms with Crippen LogP contribution in [0.5, 0.6) is 0 Å². The lowest BCUT2D eigenvalue weighted by molar-refractivity contribution is -0.133. The summed E-state index contributed by atoms with van der Waals surface area (Å²) in [5.41, 5.74) is 2.38. The maximum absolute atomic E-state index is 13.0. The molecule has 1 atom stereocenters. The zero-order chi connectivity index (χ0) is 19.3. The van der Waals surface area contributed by atoms with Crippen molar-refractivity contribution in [3.05, 3.63) is 81.9 Å². The van der Waals surface area contributed by atoms with Gasteiger partial charge < -0.3 is 14.6 Å². The van der Waals surface area contributed by atoms with E-state index in [9.17, 15) is 9.59 Å². The summed E-state index contributed by atoms with van der Waals surface area (Å²) >= 11 is 1.77. The number of rotatable bonds is 6. The van der Waals surface area contributed by atoms with Gasteiger partial charge in [-0.25, -0.2) is 0 Å². The van der Waals surface area contributed by atoms with Gasteiger partial charge in [0, 0.05) is 24.4 Å². The molecular formula is C22H22N2O3S. The molecule has 0 aliphatic carbocycles. The topological polar surface area (TPSA) is 62.6 Å². The van der Waals surface area contributed by atoms with Crippen molar-refractivity contribution < 1.29 is 14.0 Å². The highest BCUT2D eigenvalue weighted by Crippen LogP contribution is 2.38. The molecule has 0 radical (unpaired) electrons. The van der Waals surface area contributed by atoms with Crippen LogP contribution in [-0.2, 0) is 11.2 Å². The minimum atomic E-state index is -0.250. The third-order valence-electron chi connectivity index (χ3n) is 5.00. The normalized spacial score (nSPS) is 15.9. The number of carbonyl (C=O) groups excluding carboxylic acids is 2. The number of carbonyl (C=O) groups is 2. The van der Waals surface area contributed by atoms with Crippen molar-refractivity contribution in [3.8, 4) is 0 Å². The van der Waals surface area contributed by atoms with Crippen LogP contribution in [0.25, 0.3) is 0 Å². The molecule has 2 aromatic heterocycles. The van der Waals surface area contributed by atoms with Crippen LogP contribution in [0.2, 0.25) is 0 Å². The van der Waals surface area contributed by atoms with Crippen molar-refractivity contribution in [1.29, 1.82) is 0 Å². The number of thiophene rings is 1. The van der Waals surface area contributed by atoms with Gasteiger partial charge in [-0.2, -0.15) is 0 Å². The molecular weight excluding hydrogens is 372 g/mol. The largest absolute Gasteiger partial charge is 0.459 e. The van der Waals surface area contributed by atoms with E-state index in [2.05, 4.69) is 28.9 Å². The van der Waals surface area contributed by atoms with Gasteiger partial charge in [0.25, 0.3) is 5.91 Å². The lowest BCUT2D eigenvalue weighted by Gasteiger charge is -2.36. The molecule has 0 spiro atoms. The van der Waals surface area contributed by atoms with Gasteiger partial charge in [-0.3, -0.25) is 9.59 Å². The van der Waals surface area contributed by atoms with Crippen molar-refractivity contribution in [2.45, 2.75) is 25.3 Å². The van der Waals surface area contributed by atoms with E-state index in [0.717, 1.165) is 18.5 Å². The first-order valence-corrected chi connectivity index (χ1v) is 10.3. The number of nitrogens with zero attached hydrogens (tertiary/aromatic N) is 1. The lowest BCUT2D eigenvalue weighted by atomic mass is 9.93. The maximum atomic E-state index is 13.0. The summed E-state index contributed by atoms with van der Waals surface area (Å²) in [5, 5.41) is 4.91. The van der Waals surface area contributed by atoms with Gasteiger partial charge in [-0.15, -0.1) is 11.3 Å². The SMILES string of the molecule is O=C(NCCCC(=O)N1CCc2sccc2C1c1ccccc1)c1ccco1. The molecule has 0 saturated carbocycles. The lowest BCUT2D eigenvalue weighted by Crippen LogP contribution is -2.40. The summed E-state index contributed by atoms with van der Waals surface area (Å²) < 4.78 is 5.07. The summed E-state index contributed by atoms with van der Waals surface area (Å²) in [7, 11) is 0. The zero-order valence-electron chi connectivity index (χ0n) is 15.5. The van der Waals surface area contributed by atoms with E-state index < -0.39 is 0 Å². The predicted octanol–water partition coefficient (Wildman–Crippen LogP) is 4.03. The Morgan fingerprint density at radius 3 is 2.79 bits per heavy atom. The number of furan rings is 1. The Labute approximate surface area is 168 Å². The first kappa shape index (κ1) is 18.5. The van der Waals surface area contributed by atoms with Gasteiger partial charge in [0.15, 0.2) is 5.76 Å². The molecule has 2 amide bonds. The van der Waals surface area contributed by atoms with E-state index in [0.29, 0.717) is 19.4 Å². The molecule has 28 heavy (non-hydrogen) atoms. The minimum Gasteiger partial charge on any atom is -0.459 e. The van der Waals surface area contributed by atoms with E-state index in [1.807, 2.05) is 23.1 Å². The molecule has 0 saturated heterocycles. The first-order valence-electron chi connectivity index (χ1n) is 9.46. The summed E-state index contributed by atoms with van der Waals surface area (Å²) in [6, 6.07) is 15.6. The van der Waals surface area contributed by atoms with Crippen LogP contribution in [-0.4, -0.2) is 29.8 Å². The Bertz CT molecular complexity index is 934. The fourth-order valence-corrected chi connectivity index (χ4v) is 4.56. The van der Waals surface area contributed by atoms with Crippen LogP contribution in [0, 0.1) is 0 Å². The quantitative estimate of drug-likeness (QED) is 0.642. The van der Waals surface area contributed by atoms with Crippen molar-refractivity contribution >= 4 is 23.2 Å². The van der Waals surface area contributed by atoms with Gasteiger partial charge in [-0.05, 0) is 47.5 Å². The van der Waals surface area contributed by atoms with Crippen molar-refractivity contribution in [2.24, 2.45) is 0 Å². The van der Waals surface area contributed by atoms with Crippen LogP contribution >= 0.6 is 11.3 Å². The molecule has 1 unspecified atom stereocenters. The Morgan fingerprint density at radius 2 is 2.00 bits per heavy atom. The zero-order valence-corrected chi connectivity index (χ0v) is 16.3. The number of hydrogen-bond donors (Lipinski definition) is 1. The second-order valence-corrected chi connectivity index (χ2v) is 7.79. The highest BCUT2D eigenvalue weighted by Gasteiger charge is 2.32. The molecule has 5 nitrogen and oxygen atoms in total. The van der Waals surface area contributed by atoms with E-state index in [1.54, 1.807) is 23.5 Å². The first-order chi connectivity index (χ1) is 13.7. The average molecular weight is 394 g/mol. The maximum Gasteiger partial charge on any atom is 0.286 e. The highest BCUT2D eigenvalue weighted by atomic mass is 32.1. The van der Waals surface area contributed by atoms with Crippen LogP contribution in [0.4, 0.5) is 0 Å². The van der Waals surface area contributed by atoms with Gasteiger partial charge in [-0.1, -0.05) is 30.3 Å². The number of nitrogens with one attached hydrogen (secondary N) is 1. The molecule has 1 aromatic carbocycles. The van der Waals surface area contributed by atoms with Crippen LogP contribution in [0.3, 0.4) is 0 Å². The molecule has 1 N–H and O–H groups in total. The van der Waals surface area contributed by atoms with E-state index in [4.69, 9.17) is 4.42 Å². The van der Waals surface area contributed by atoms with Crippen molar-refractivity contribution in [2.75, 3.05) is 13.1 Å². The number of benzene rings is 1. The molecule has 1 aliphatic rings. The van der Waals surface area contributed by atoms with E-state index >= 15 is 0 Å². The molecule has 4 rings (SSSR count). The predicted molar refractivity (Wildman–Crippen MR) is 108 cm³/mol. The Kier molecular flexibility index (Phi) is 5.58. The number of amides is 2. The van der Waals surface area contributed by atoms with E-state index in [1.165, 1.54) is 16.7 Å². The summed E-state index contributed by atoms with van der Waals surface area (Å²) in [6.07, 6.45) is 3.37. The van der Waals surface area contributed by atoms with Crippen LogP contribution in [0.15, 0.2) is 64.6 Å². The summed E-state index contributed by atoms with van der Waals surface area (Å²) in [5.74, 6) is 0.162. The monoisotopic (exact) mass is 394 g/mol. The Hall–Kier alpha value is -2.86. The van der Waals surface area contributed by atoms with Crippen LogP contribution in [0.1, 0.15) is 45.4 Å². The summed E-state index contributed by atoms with van der Waals surface area (Å²) in [4.78, 5) is 28.2. The van der Waals surface area contributed by atoms with Gasteiger partial charge in [0.1, 0.15) is 0 Å². The number of fused-ring (bicyclic) bond motifs is 1. The molecule has 144 valence electrons. The Morgan fingerprint density at radius 1 is 1.14 bits per heavy atom. The smallest absolute Gasteiger partial charge is 0.286 e. The molecule has 3 aromatic rings. The second kappa shape index (κ2) is 8.44. The highest BCUT2D eigenvalue weighted by molar-refractivity contribution is 7.10. The van der Waals surface area contributed by atoms with Gasteiger partial charge in [0.05, 0.1) is 12.3 Å². The molecule has 0 fully saturated rings. The van der Waals surface area contributed by atoms with Gasteiger partial charge in [0.2, 0.25) is 5.91 Å². The number of hydrogen-bond acceptors (Lipinski definition) is 4. The molecule has 6 heteroatoms. The van der Waals surface area contributed by atoms with Crippen LogP contribution < -0.4 is 5.32 Å². The third-order valence-corrected chi connectivity index (χ3v) is 6.00. The van der Waals surface area contributed by atoms with Crippen molar-refractivity contribution in [3.63, 3.8) is 0 Å². The summed E-state index contributed by atoms with van der Waals surface area (Å²) in [6.45, 7) is 1.17. The fourth-order valence-electron chi connectivity index (χ4n) is 3.66. The third kappa shape index (κ3) is 3.87. The molecule has 3 heterocycles. The fraction of sp³-hybridized carbons (Fsp3) is 0.273. The average Bonchev–Trinajstić information content (AvgIpc) is 3.42. The molecule has 0 bridgehead atoms. The molecule has 1 aliphatic heterocycles. The standard InChI is InChI=1S/C22H22N2O3S/c25-20(9-4-12-23-22(26)18-8-5-14-27-18)24-13-10-19-17(11-15-28-19)21(24)16-6-2-1-3-7-16/h1-3,5-8,11,14-15,21H,4,9-10,12-13H2,(H,23,26). The van der Waals surface area contributed by atoms with Crippen molar-refractivity contribution in [1.82, 2.24) is 10.2 Å². The Balaban J connectivity index is 1.39. The van der Waals surface area contributed by atoms with Gasteiger partial charge >= 0.3 is 0 Å². The minimum absolute atomic E-state index is 0.0265.